The molecule has 0 atom stereocenters. The Hall–Kier alpha value is -0.340. The Morgan fingerprint density at radius 1 is 1.26 bits per heavy atom. The predicted molar refractivity (Wildman–Crippen MR) is 109 cm³/mol. The van der Waals surface area contributed by atoms with Crippen LogP contribution in [0, 0.1) is 5.41 Å². The van der Waals surface area contributed by atoms with Crippen LogP contribution in [0.2, 0.25) is 0 Å². The lowest BCUT2D eigenvalue weighted by Crippen LogP contribution is -2.51. The Kier molecular flexibility index (Phi) is 6.35. The third-order valence-corrected chi connectivity index (χ3v) is 5.19. The van der Waals surface area contributed by atoms with Crippen molar-refractivity contribution in [3.05, 3.63) is 34.3 Å². The SMILES string of the molecule is CN=C(NCC1(C)COC1)NCC1(c2cccc(Br)c2)CC1.I. The number of rotatable bonds is 5. The maximum atomic E-state index is 5.29. The van der Waals surface area contributed by atoms with E-state index in [4.69, 9.17) is 4.74 Å². The first kappa shape index (κ1) is 19.0. The van der Waals surface area contributed by atoms with E-state index in [1.165, 1.54) is 18.4 Å². The van der Waals surface area contributed by atoms with Crippen LogP contribution >= 0.6 is 39.9 Å². The molecule has 128 valence electrons. The predicted octanol–water partition coefficient (Wildman–Crippen LogP) is 3.30. The molecule has 23 heavy (non-hydrogen) atoms. The van der Waals surface area contributed by atoms with Gasteiger partial charge in [0, 0.05) is 35.4 Å². The van der Waals surface area contributed by atoms with Gasteiger partial charge in [0.05, 0.1) is 13.2 Å². The minimum Gasteiger partial charge on any atom is -0.380 e. The molecule has 0 bridgehead atoms. The molecule has 2 fully saturated rings. The molecular formula is C17H25BrIN3O. The van der Waals surface area contributed by atoms with Gasteiger partial charge in [0.25, 0.3) is 0 Å². The van der Waals surface area contributed by atoms with Gasteiger partial charge in [-0.3, -0.25) is 4.99 Å². The summed E-state index contributed by atoms with van der Waals surface area (Å²) < 4.78 is 6.44. The smallest absolute Gasteiger partial charge is 0.191 e. The van der Waals surface area contributed by atoms with E-state index in [9.17, 15) is 0 Å². The molecule has 3 rings (SSSR count). The number of guanidine groups is 1. The maximum absolute atomic E-state index is 5.29. The third kappa shape index (κ3) is 4.60. The largest absolute Gasteiger partial charge is 0.380 e. The molecule has 0 spiro atoms. The van der Waals surface area contributed by atoms with Gasteiger partial charge < -0.3 is 15.4 Å². The summed E-state index contributed by atoms with van der Waals surface area (Å²) in [5, 5.41) is 6.92. The highest BCUT2D eigenvalue weighted by Crippen LogP contribution is 2.48. The van der Waals surface area contributed by atoms with Crippen molar-refractivity contribution >= 4 is 45.9 Å². The fourth-order valence-corrected chi connectivity index (χ4v) is 3.26. The summed E-state index contributed by atoms with van der Waals surface area (Å²) in [5.41, 5.74) is 1.92. The first-order chi connectivity index (χ1) is 10.6. The van der Waals surface area contributed by atoms with E-state index < -0.39 is 0 Å². The van der Waals surface area contributed by atoms with E-state index in [1.807, 2.05) is 7.05 Å². The molecule has 0 radical (unpaired) electrons. The summed E-state index contributed by atoms with van der Waals surface area (Å²) in [5.74, 6) is 0.884. The van der Waals surface area contributed by atoms with Gasteiger partial charge in [-0.15, -0.1) is 24.0 Å². The Balaban J connectivity index is 0.00000192. The monoisotopic (exact) mass is 493 g/mol. The van der Waals surface area contributed by atoms with E-state index >= 15 is 0 Å². The van der Waals surface area contributed by atoms with Crippen LogP contribution in [0.1, 0.15) is 25.3 Å². The molecule has 1 saturated carbocycles. The van der Waals surface area contributed by atoms with Crippen molar-refractivity contribution < 1.29 is 4.74 Å². The fraction of sp³-hybridized carbons (Fsp3) is 0.588. The van der Waals surface area contributed by atoms with Crippen molar-refractivity contribution in [3.63, 3.8) is 0 Å². The molecule has 0 unspecified atom stereocenters. The van der Waals surface area contributed by atoms with Crippen molar-refractivity contribution in [2.24, 2.45) is 10.4 Å². The zero-order chi connectivity index (χ0) is 15.6. The maximum Gasteiger partial charge on any atom is 0.191 e. The van der Waals surface area contributed by atoms with Gasteiger partial charge in [-0.1, -0.05) is 35.0 Å². The normalized spacial score (nSPS) is 20.9. The highest BCUT2D eigenvalue weighted by atomic mass is 127. The lowest BCUT2D eigenvalue weighted by Gasteiger charge is -2.38. The van der Waals surface area contributed by atoms with Crippen molar-refractivity contribution in [1.82, 2.24) is 10.6 Å². The second kappa shape index (κ2) is 7.70. The average Bonchev–Trinajstić information content (AvgIpc) is 3.27. The van der Waals surface area contributed by atoms with Gasteiger partial charge in [-0.2, -0.15) is 0 Å². The number of ether oxygens (including phenoxy) is 1. The van der Waals surface area contributed by atoms with Gasteiger partial charge in [0.2, 0.25) is 0 Å². The minimum atomic E-state index is 0. The summed E-state index contributed by atoms with van der Waals surface area (Å²) in [4.78, 5) is 4.34. The topological polar surface area (TPSA) is 45.7 Å². The van der Waals surface area contributed by atoms with Gasteiger partial charge >= 0.3 is 0 Å². The highest BCUT2D eigenvalue weighted by Gasteiger charge is 2.44. The second-order valence-electron chi connectivity index (χ2n) is 6.87. The molecule has 1 aromatic carbocycles. The Labute approximate surface area is 164 Å². The van der Waals surface area contributed by atoms with Gasteiger partial charge in [-0.05, 0) is 30.5 Å². The molecule has 1 saturated heterocycles. The van der Waals surface area contributed by atoms with Crippen LogP contribution < -0.4 is 10.6 Å². The van der Waals surface area contributed by atoms with E-state index in [2.05, 4.69) is 62.7 Å². The molecule has 1 heterocycles. The minimum absolute atomic E-state index is 0. The van der Waals surface area contributed by atoms with Crippen molar-refractivity contribution in [2.45, 2.75) is 25.2 Å². The van der Waals surface area contributed by atoms with Crippen LogP contribution in [0.3, 0.4) is 0 Å². The molecule has 1 aromatic rings. The fourth-order valence-electron chi connectivity index (χ4n) is 2.86. The van der Waals surface area contributed by atoms with E-state index in [0.29, 0.717) is 0 Å². The average molecular weight is 494 g/mol. The van der Waals surface area contributed by atoms with Crippen LogP contribution in [-0.4, -0.2) is 39.3 Å². The van der Waals surface area contributed by atoms with Gasteiger partial charge in [0.15, 0.2) is 5.96 Å². The Morgan fingerprint density at radius 3 is 2.48 bits per heavy atom. The molecule has 4 nitrogen and oxygen atoms in total. The number of nitrogens with zero attached hydrogens (tertiary/aromatic N) is 1. The zero-order valence-corrected chi connectivity index (χ0v) is 17.6. The molecule has 0 aromatic heterocycles. The number of hydrogen-bond acceptors (Lipinski definition) is 2. The van der Waals surface area contributed by atoms with Crippen molar-refractivity contribution in [2.75, 3.05) is 33.4 Å². The zero-order valence-electron chi connectivity index (χ0n) is 13.7. The lowest BCUT2D eigenvalue weighted by atomic mass is 9.89. The quantitative estimate of drug-likeness (QED) is 0.376. The molecule has 1 aliphatic heterocycles. The number of halogens is 2. The number of nitrogens with one attached hydrogen (secondary N) is 2. The van der Waals surface area contributed by atoms with Gasteiger partial charge in [0.1, 0.15) is 0 Å². The first-order valence-corrected chi connectivity index (χ1v) is 8.63. The van der Waals surface area contributed by atoms with Crippen molar-refractivity contribution in [1.29, 1.82) is 0 Å². The summed E-state index contributed by atoms with van der Waals surface area (Å²) in [6, 6.07) is 8.65. The molecule has 0 amide bonds. The highest BCUT2D eigenvalue weighted by molar-refractivity contribution is 14.0. The van der Waals surface area contributed by atoms with E-state index in [-0.39, 0.29) is 34.8 Å². The van der Waals surface area contributed by atoms with Gasteiger partial charge in [-0.25, -0.2) is 0 Å². The first-order valence-electron chi connectivity index (χ1n) is 7.84. The van der Waals surface area contributed by atoms with E-state index in [1.54, 1.807) is 0 Å². The van der Waals surface area contributed by atoms with E-state index in [0.717, 1.165) is 36.7 Å². The number of aliphatic imine (C=N–C) groups is 1. The summed E-state index contributed by atoms with van der Waals surface area (Å²) in [6.45, 7) is 5.73. The van der Waals surface area contributed by atoms with Crippen LogP contribution in [0.15, 0.2) is 33.7 Å². The third-order valence-electron chi connectivity index (χ3n) is 4.69. The summed E-state index contributed by atoms with van der Waals surface area (Å²) in [6.07, 6.45) is 2.47. The Morgan fingerprint density at radius 2 is 1.96 bits per heavy atom. The van der Waals surface area contributed by atoms with Crippen LogP contribution in [0.5, 0.6) is 0 Å². The number of benzene rings is 1. The molecular weight excluding hydrogens is 469 g/mol. The summed E-state index contributed by atoms with van der Waals surface area (Å²) >= 11 is 3.57. The second-order valence-corrected chi connectivity index (χ2v) is 7.79. The molecule has 1 aliphatic carbocycles. The molecule has 2 aliphatic rings. The Bertz CT molecular complexity index is 571. The molecule has 2 N–H and O–H groups in total. The van der Waals surface area contributed by atoms with Crippen LogP contribution in [0.25, 0.3) is 0 Å². The van der Waals surface area contributed by atoms with Crippen LogP contribution in [-0.2, 0) is 10.2 Å². The standard InChI is InChI=1S/C17H24BrN3O.HI/c1-16(11-22-12-16)9-20-15(19-2)21-10-17(6-7-17)13-4-3-5-14(18)8-13;/h3-5,8H,6-7,9-12H2,1-2H3,(H2,19,20,21);1H. The summed E-state index contributed by atoms with van der Waals surface area (Å²) in [7, 11) is 1.83. The lowest BCUT2D eigenvalue weighted by molar-refractivity contribution is -0.0971. The number of hydrogen-bond donors (Lipinski definition) is 2. The van der Waals surface area contributed by atoms with Crippen molar-refractivity contribution in [3.8, 4) is 0 Å². The van der Waals surface area contributed by atoms with Crippen LogP contribution in [0.4, 0.5) is 0 Å². The molecule has 6 heteroatoms.